The van der Waals surface area contributed by atoms with Gasteiger partial charge in [-0.2, -0.15) is 0 Å². The van der Waals surface area contributed by atoms with Gasteiger partial charge in [-0.1, -0.05) is 29.8 Å². The first kappa shape index (κ1) is 22.5. The summed E-state index contributed by atoms with van der Waals surface area (Å²) in [5.41, 5.74) is 1.13. The predicted molar refractivity (Wildman–Crippen MR) is 48.7 cm³/mol. The molecule has 0 amide bonds. The Morgan fingerprint density at radius 2 is 1.42 bits per heavy atom. The maximum Gasteiger partial charge on any atom is 0.0435 e. The van der Waals surface area contributed by atoms with Crippen LogP contribution < -0.4 is 6.15 Å². The maximum atomic E-state index is 5.71. The quantitative estimate of drug-likeness (QED) is 0.690. The molecule has 0 atom stereocenters. The minimum atomic E-state index is 0. The lowest BCUT2D eigenvalue weighted by Gasteiger charge is -1.90. The van der Waals surface area contributed by atoms with Crippen LogP contribution in [0.1, 0.15) is 5.56 Å². The highest BCUT2D eigenvalue weighted by Crippen LogP contribution is 2.11. The number of hydrogen-bond donors (Lipinski definition) is 1. The van der Waals surface area contributed by atoms with Gasteiger partial charge in [-0.05, 0) is 18.6 Å². The molecule has 0 bridgehead atoms. The van der Waals surface area contributed by atoms with Crippen LogP contribution >= 0.6 is 11.6 Å². The van der Waals surface area contributed by atoms with Crippen LogP contribution in [0, 0.1) is 6.92 Å². The second-order valence-corrected chi connectivity index (χ2v) is 2.16. The van der Waals surface area contributed by atoms with E-state index in [4.69, 9.17) is 11.6 Å². The lowest BCUT2D eigenvalue weighted by Crippen LogP contribution is -1.68. The highest BCUT2D eigenvalue weighted by molar-refractivity contribution is 6.31. The van der Waals surface area contributed by atoms with Gasteiger partial charge in [-0.3, -0.25) is 14.1 Å². The van der Waals surface area contributed by atoms with Crippen LogP contribution in [0.5, 0.6) is 0 Å². The van der Waals surface area contributed by atoms with Crippen molar-refractivity contribution < 1.29 is 14.1 Å². The van der Waals surface area contributed by atoms with Crippen molar-refractivity contribution in [1.29, 1.82) is 0 Å². The standard InChI is InChI=1S/C7H7Cl.3FH.H3N/c1-6-4-2-3-5-7(6)8;;;;/h2-5H,1H3;3*1H;1H3. The van der Waals surface area contributed by atoms with Gasteiger partial charge in [0.15, 0.2) is 0 Å². The van der Waals surface area contributed by atoms with Crippen LogP contribution in [-0.4, -0.2) is 0 Å². The Morgan fingerprint density at radius 3 is 1.67 bits per heavy atom. The third-order valence-electron chi connectivity index (χ3n) is 1.08. The summed E-state index contributed by atoms with van der Waals surface area (Å²) in [6.07, 6.45) is 0. The Hall–Kier alpha value is -0.740. The zero-order valence-electron chi connectivity index (χ0n) is 6.62. The van der Waals surface area contributed by atoms with Crippen LogP contribution in [-0.2, 0) is 0 Å². The predicted octanol–water partition coefficient (Wildman–Crippen LogP) is 3.27. The molecule has 0 aliphatic rings. The molecular weight excluding hydrogens is 191 g/mol. The van der Waals surface area contributed by atoms with Crippen LogP contribution in [0.25, 0.3) is 0 Å². The molecule has 1 nitrogen and oxygen atoms in total. The molecule has 5 heteroatoms. The second kappa shape index (κ2) is 10.3. The van der Waals surface area contributed by atoms with E-state index in [1.807, 2.05) is 31.2 Å². The van der Waals surface area contributed by atoms with Gasteiger partial charge < -0.3 is 6.15 Å². The lowest BCUT2D eigenvalue weighted by molar-refractivity contribution is 1.11. The third-order valence-corrected chi connectivity index (χ3v) is 1.50. The summed E-state index contributed by atoms with van der Waals surface area (Å²) in [6.45, 7) is 1.99. The number of hydrogen-bond acceptors (Lipinski definition) is 1. The van der Waals surface area contributed by atoms with Gasteiger partial charge >= 0.3 is 0 Å². The largest absolute Gasteiger partial charge is 0.344 e. The molecule has 0 aliphatic heterocycles. The molecule has 12 heavy (non-hydrogen) atoms. The number of rotatable bonds is 0. The van der Waals surface area contributed by atoms with E-state index in [9.17, 15) is 0 Å². The van der Waals surface area contributed by atoms with Gasteiger partial charge in [0.25, 0.3) is 0 Å². The molecule has 1 aromatic carbocycles. The Morgan fingerprint density at radius 1 is 1.00 bits per heavy atom. The van der Waals surface area contributed by atoms with Crippen molar-refractivity contribution in [1.82, 2.24) is 6.15 Å². The molecule has 0 heterocycles. The zero-order valence-corrected chi connectivity index (χ0v) is 7.38. The molecule has 0 aliphatic carbocycles. The van der Waals surface area contributed by atoms with Crippen molar-refractivity contribution >= 4 is 11.6 Å². The van der Waals surface area contributed by atoms with Gasteiger partial charge in [0, 0.05) is 5.02 Å². The van der Waals surface area contributed by atoms with E-state index in [0.29, 0.717) is 0 Å². The molecule has 0 saturated carbocycles. The van der Waals surface area contributed by atoms with Crippen molar-refractivity contribution in [3.63, 3.8) is 0 Å². The van der Waals surface area contributed by atoms with Crippen molar-refractivity contribution in [2.24, 2.45) is 0 Å². The molecule has 0 aromatic heterocycles. The summed E-state index contributed by atoms with van der Waals surface area (Å²) in [5, 5.41) is 0.840. The molecule has 0 spiro atoms. The molecule has 0 saturated heterocycles. The van der Waals surface area contributed by atoms with Gasteiger partial charge in [-0.25, -0.2) is 0 Å². The van der Waals surface area contributed by atoms with Crippen LogP contribution in [0.4, 0.5) is 14.1 Å². The van der Waals surface area contributed by atoms with E-state index in [1.165, 1.54) is 0 Å². The first-order chi connectivity index (χ1) is 3.80. The van der Waals surface area contributed by atoms with Crippen molar-refractivity contribution in [3.8, 4) is 0 Å². The molecule has 0 fully saturated rings. The lowest BCUT2D eigenvalue weighted by atomic mass is 10.2. The Balaban J connectivity index is -0.0000000800. The van der Waals surface area contributed by atoms with E-state index in [1.54, 1.807) is 0 Å². The molecule has 1 rings (SSSR count). The fourth-order valence-corrected chi connectivity index (χ4v) is 0.687. The number of benzene rings is 1. The summed E-state index contributed by atoms with van der Waals surface area (Å²) in [4.78, 5) is 0. The highest BCUT2D eigenvalue weighted by Gasteiger charge is 1.86. The van der Waals surface area contributed by atoms with Gasteiger partial charge in [0.05, 0.1) is 0 Å². The average molecular weight is 204 g/mol. The Labute approximate surface area is 74.4 Å². The molecule has 0 unspecified atom stereocenters. The molecule has 1 aromatic rings. The first-order valence-corrected chi connectivity index (χ1v) is 2.89. The monoisotopic (exact) mass is 203 g/mol. The van der Waals surface area contributed by atoms with Gasteiger partial charge in [0.2, 0.25) is 0 Å². The second-order valence-electron chi connectivity index (χ2n) is 1.75. The maximum absolute atomic E-state index is 5.71. The van der Waals surface area contributed by atoms with Crippen LogP contribution in [0.15, 0.2) is 24.3 Å². The average Bonchev–Trinajstić information content (AvgIpc) is 1.77. The summed E-state index contributed by atoms with van der Waals surface area (Å²) in [5.74, 6) is 0. The Kier molecular flexibility index (Phi) is 19.2. The SMILES string of the molecule is Cc1ccccc1Cl.F.F.F.N. The zero-order chi connectivity index (χ0) is 5.98. The minimum absolute atomic E-state index is 0. The summed E-state index contributed by atoms with van der Waals surface area (Å²) >= 11 is 5.71. The Bertz CT molecular complexity index is 175. The van der Waals surface area contributed by atoms with E-state index in [0.717, 1.165) is 10.6 Å². The smallest absolute Gasteiger partial charge is 0.0435 e. The fraction of sp³-hybridized carbons (Fsp3) is 0.143. The summed E-state index contributed by atoms with van der Waals surface area (Å²) < 4.78 is 0. The molecule has 3 N–H and O–H groups in total. The van der Waals surface area contributed by atoms with Crippen molar-refractivity contribution in [3.05, 3.63) is 34.9 Å². The molecular formula is C7H13ClF3N. The van der Waals surface area contributed by atoms with Crippen molar-refractivity contribution in [2.45, 2.75) is 6.92 Å². The van der Waals surface area contributed by atoms with Crippen LogP contribution in [0.3, 0.4) is 0 Å². The van der Waals surface area contributed by atoms with Gasteiger partial charge in [0.1, 0.15) is 0 Å². The highest BCUT2D eigenvalue weighted by atomic mass is 35.5. The first-order valence-electron chi connectivity index (χ1n) is 2.52. The van der Waals surface area contributed by atoms with E-state index in [2.05, 4.69) is 0 Å². The fourth-order valence-electron chi connectivity index (χ4n) is 0.551. The van der Waals surface area contributed by atoms with E-state index >= 15 is 0 Å². The topological polar surface area (TPSA) is 35.0 Å². The van der Waals surface area contributed by atoms with Crippen molar-refractivity contribution in [2.75, 3.05) is 0 Å². The van der Waals surface area contributed by atoms with E-state index < -0.39 is 0 Å². The molecule has 0 radical (unpaired) electrons. The molecule has 74 valence electrons. The third kappa shape index (κ3) is 6.00. The number of aryl methyl sites for hydroxylation is 1. The number of halogens is 4. The summed E-state index contributed by atoms with van der Waals surface area (Å²) in [7, 11) is 0. The minimum Gasteiger partial charge on any atom is -0.344 e. The normalized spacial score (nSPS) is 6.17. The summed E-state index contributed by atoms with van der Waals surface area (Å²) in [6, 6.07) is 7.77. The van der Waals surface area contributed by atoms with Crippen LogP contribution in [0.2, 0.25) is 5.02 Å². The van der Waals surface area contributed by atoms with Gasteiger partial charge in [-0.15, -0.1) is 0 Å². The van der Waals surface area contributed by atoms with E-state index in [-0.39, 0.29) is 20.3 Å².